The molecule has 0 radical (unpaired) electrons. The number of carbonyl (C=O) groups excluding carboxylic acids is 2. The average molecular weight is 445 g/mol. The van der Waals surface area contributed by atoms with Gasteiger partial charge < -0.3 is 19.9 Å². The third kappa shape index (κ3) is 4.91. The van der Waals surface area contributed by atoms with Gasteiger partial charge in [-0.2, -0.15) is 0 Å². The quantitative estimate of drug-likeness (QED) is 0.396. The summed E-state index contributed by atoms with van der Waals surface area (Å²) in [4.78, 5) is 29.2. The molecule has 0 aliphatic carbocycles. The molecule has 2 aliphatic rings. The Kier molecular flexibility index (Phi) is 7.33. The van der Waals surface area contributed by atoms with Gasteiger partial charge in [0.25, 0.3) is 0 Å². The predicted octanol–water partition coefficient (Wildman–Crippen LogP) is 2.28. The average Bonchev–Trinajstić information content (AvgIpc) is 3.04. The van der Waals surface area contributed by atoms with Crippen molar-refractivity contribution in [1.29, 1.82) is 0 Å². The van der Waals surface area contributed by atoms with Gasteiger partial charge >= 0.3 is 5.97 Å². The van der Waals surface area contributed by atoms with E-state index < -0.39 is 5.66 Å². The smallest absolute Gasteiger partial charge is 0.337 e. The van der Waals surface area contributed by atoms with Crippen LogP contribution in [0.4, 0.5) is 0 Å². The highest BCUT2D eigenvalue weighted by Gasteiger charge is 2.52. The van der Waals surface area contributed by atoms with Crippen molar-refractivity contribution in [1.82, 2.24) is 20.4 Å². The van der Waals surface area contributed by atoms with Crippen LogP contribution in [0.1, 0.15) is 42.6 Å². The van der Waals surface area contributed by atoms with E-state index in [2.05, 4.69) is 36.0 Å². The number of esters is 1. The van der Waals surface area contributed by atoms with E-state index in [1.807, 2.05) is 17.0 Å². The molecule has 8 heteroatoms. The minimum Gasteiger partial charge on any atom is -0.465 e. The summed E-state index contributed by atoms with van der Waals surface area (Å²) in [6, 6.07) is 7.06. The normalized spacial score (nSPS) is 20.3. The van der Waals surface area contributed by atoms with Crippen LogP contribution in [-0.2, 0) is 16.1 Å². The van der Waals surface area contributed by atoms with E-state index in [4.69, 9.17) is 17.0 Å². The Hall–Kier alpha value is -2.45. The molecule has 1 aromatic carbocycles. The standard InChI is InChI=1S/C23H32N4O3S/c1-5-12-24-22(31)26-13-10-23(11-14-26)25-19(16(2)3)20(28)27(23)15-17-6-8-18(9-7-17)21(29)30-4/h5-9,16,19,25H,1,10-15H2,2-4H3,(H,24,31). The monoisotopic (exact) mass is 444 g/mol. The van der Waals surface area contributed by atoms with Crippen LogP contribution in [0.3, 0.4) is 0 Å². The maximum atomic E-state index is 13.3. The Morgan fingerprint density at radius 3 is 2.55 bits per heavy atom. The molecule has 0 saturated carbocycles. The molecular weight excluding hydrogens is 412 g/mol. The number of nitrogens with one attached hydrogen (secondary N) is 2. The number of hydrogen-bond acceptors (Lipinski definition) is 5. The lowest BCUT2D eigenvalue weighted by Gasteiger charge is -2.45. The molecular formula is C23H32N4O3S. The summed E-state index contributed by atoms with van der Waals surface area (Å²) < 4.78 is 4.77. The molecule has 2 aliphatic heterocycles. The topological polar surface area (TPSA) is 73.9 Å². The van der Waals surface area contributed by atoms with Gasteiger partial charge in [-0.1, -0.05) is 32.1 Å². The highest BCUT2D eigenvalue weighted by molar-refractivity contribution is 7.80. The zero-order chi connectivity index (χ0) is 22.6. The van der Waals surface area contributed by atoms with Crippen LogP contribution in [0.2, 0.25) is 0 Å². The maximum absolute atomic E-state index is 13.3. The van der Waals surface area contributed by atoms with Gasteiger partial charge in [0.2, 0.25) is 5.91 Å². The third-order valence-corrected chi connectivity index (χ3v) is 6.53. The first-order chi connectivity index (χ1) is 14.8. The van der Waals surface area contributed by atoms with Crippen LogP contribution in [0, 0.1) is 5.92 Å². The SMILES string of the molecule is C=CCNC(=S)N1CCC2(CC1)NC(C(C)C)C(=O)N2Cc1ccc(C(=O)OC)cc1. The maximum Gasteiger partial charge on any atom is 0.337 e. The molecule has 0 aromatic heterocycles. The Bertz CT molecular complexity index is 832. The fourth-order valence-electron chi connectivity index (χ4n) is 4.30. The summed E-state index contributed by atoms with van der Waals surface area (Å²) >= 11 is 5.50. The van der Waals surface area contributed by atoms with Crippen molar-refractivity contribution in [3.05, 3.63) is 48.0 Å². The van der Waals surface area contributed by atoms with Crippen LogP contribution in [0.25, 0.3) is 0 Å². The number of likely N-dealkylation sites (tertiary alicyclic amines) is 1. The molecule has 2 fully saturated rings. The minimum absolute atomic E-state index is 0.132. The fourth-order valence-corrected chi connectivity index (χ4v) is 4.57. The lowest BCUT2D eigenvalue weighted by molar-refractivity contribution is -0.134. The van der Waals surface area contributed by atoms with E-state index >= 15 is 0 Å². The van der Waals surface area contributed by atoms with E-state index in [9.17, 15) is 9.59 Å². The van der Waals surface area contributed by atoms with Gasteiger partial charge in [0.05, 0.1) is 24.4 Å². The molecule has 3 rings (SSSR count). The van der Waals surface area contributed by atoms with Crippen LogP contribution in [0.5, 0.6) is 0 Å². The summed E-state index contributed by atoms with van der Waals surface area (Å²) in [6.07, 6.45) is 3.37. The van der Waals surface area contributed by atoms with Crippen molar-refractivity contribution in [2.45, 2.75) is 44.9 Å². The van der Waals surface area contributed by atoms with E-state index in [0.717, 1.165) is 36.6 Å². The number of hydrogen-bond donors (Lipinski definition) is 2. The Morgan fingerprint density at radius 2 is 2.00 bits per heavy atom. The van der Waals surface area contributed by atoms with Crippen LogP contribution in [-0.4, -0.2) is 65.2 Å². The van der Waals surface area contributed by atoms with Crippen molar-refractivity contribution in [2.24, 2.45) is 5.92 Å². The highest BCUT2D eigenvalue weighted by atomic mass is 32.1. The summed E-state index contributed by atoms with van der Waals surface area (Å²) in [6.45, 7) is 10.5. The second-order valence-corrected chi connectivity index (χ2v) is 8.86. The zero-order valence-electron chi connectivity index (χ0n) is 18.5. The molecule has 1 amide bonds. The molecule has 2 saturated heterocycles. The van der Waals surface area contributed by atoms with Crippen molar-refractivity contribution in [3.8, 4) is 0 Å². The van der Waals surface area contributed by atoms with Gasteiger partial charge in [-0.15, -0.1) is 6.58 Å². The number of thiocarbonyl (C=S) groups is 1. The lowest BCUT2D eigenvalue weighted by Crippen LogP contribution is -2.60. The largest absolute Gasteiger partial charge is 0.465 e. The zero-order valence-corrected chi connectivity index (χ0v) is 19.3. The lowest BCUT2D eigenvalue weighted by atomic mass is 9.95. The molecule has 31 heavy (non-hydrogen) atoms. The van der Waals surface area contributed by atoms with Gasteiger partial charge in [-0.3, -0.25) is 10.1 Å². The minimum atomic E-state index is -0.391. The Labute approximate surface area is 189 Å². The highest BCUT2D eigenvalue weighted by Crippen LogP contribution is 2.35. The summed E-state index contributed by atoms with van der Waals surface area (Å²) in [5.74, 6) is -0.0347. The first-order valence-corrected chi connectivity index (χ1v) is 11.1. The van der Waals surface area contributed by atoms with Gasteiger partial charge in [0.15, 0.2) is 5.11 Å². The number of carbonyl (C=O) groups is 2. The van der Waals surface area contributed by atoms with E-state index in [1.54, 1.807) is 18.2 Å². The molecule has 2 heterocycles. The molecule has 7 nitrogen and oxygen atoms in total. The predicted molar refractivity (Wildman–Crippen MR) is 124 cm³/mol. The number of benzene rings is 1. The number of nitrogens with zero attached hydrogens (tertiary/aromatic N) is 2. The van der Waals surface area contributed by atoms with Crippen molar-refractivity contribution in [2.75, 3.05) is 26.7 Å². The number of ether oxygens (including phenoxy) is 1. The first-order valence-electron chi connectivity index (χ1n) is 10.7. The van der Waals surface area contributed by atoms with Gasteiger partial charge in [0, 0.05) is 39.0 Å². The first kappa shape index (κ1) is 23.2. The second-order valence-electron chi connectivity index (χ2n) is 8.47. The van der Waals surface area contributed by atoms with Gasteiger partial charge in [0.1, 0.15) is 0 Å². The van der Waals surface area contributed by atoms with Gasteiger partial charge in [-0.25, -0.2) is 4.79 Å². The summed E-state index contributed by atoms with van der Waals surface area (Å²) in [5.41, 5.74) is 1.09. The number of piperidine rings is 1. The van der Waals surface area contributed by atoms with Crippen molar-refractivity contribution in [3.63, 3.8) is 0 Å². The van der Waals surface area contributed by atoms with Crippen LogP contribution >= 0.6 is 12.2 Å². The molecule has 0 bridgehead atoms. The van der Waals surface area contributed by atoms with E-state index in [1.165, 1.54) is 7.11 Å². The number of methoxy groups -OCH3 is 1. The third-order valence-electron chi connectivity index (χ3n) is 6.13. The van der Waals surface area contributed by atoms with Crippen LogP contribution < -0.4 is 10.6 Å². The molecule has 2 N–H and O–H groups in total. The Balaban J connectivity index is 1.77. The second kappa shape index (κ2) is 9.78. The molecule has 1 atom stereocenters. The molecule has 1 aromatic rings. The van der Waals surface area contributed by atoms with Crippen LogP contribution in [0.15, 0.2) is 36.9 Å². The van der Waals surface area contributed by atoms with Crippen molar-refractivity contribution >= 4 is 29.2 Å². The molecule has 1 unspecified atom stereocenters. The van der Waals surface area contributed by atoms with E-state index in [-0.39, 0.29) is 23.8 Å². The number of rotatable bonds is 6. The molecule has 168 valence electrons. The van der Waals surface area contributed by atoms with Crippen molar-refractivity contribution < 1.29 is 14.3 Å². The fraction of sp³-hybridized carbons (Fsp3) is 0.522. The Morgan fingerprint density at radius 1 is 1.35 bits per heavy atom. The van der Waals surface area contributed by atoms with Gasteiger partial charge in [-0.05, 0) is 35.8 Å². The summed E-state index contributed by atoms with van der Waals surface area (Å²) in [7, 11) is 1.37. The van der Waals surface area contributed by atoms with E-state index in [0.29, 0.717) is 18.7 Å². The number of amides is 1. The molecule has 1 spiro atoms. The summed E-state index contributed by atoms with van der Waals surface area (Å²) in [5, 5.41) is 7.58.